The highest BCUT2D eigenvalue weighted by atomic mass is 35.5. The minimum Gasteiger partial charge on any atom is -0.481 e. The molecular weight excluding hydrogens is 242 g/mol. The third-order valence-corrected chi connectivity index (χ3v) is 3.00. The van der Waals surface area contributed by atoms with E-state index in [0.717, 1.165) is 11.1 Å². The molecule has 0 spiro atoms. The van der Waals surface area contributed by atoms with Crippen LogP contribution < -0.4 is 5.32 Å². The molecule has 1 aromatic rings. The highest BCUT2D eigenvalue weighted by Gasteiger charge is 2.20. The van der Waals surface area contributed by atoms with E-state index in [0.29, 0.717) is 30.0 Å². The van der Waals surface area contributed by atoms with Gasteiger partial charge in [-0.3, -0.25) is 9.59 Å². The first-order valence-electron chi connectivity index (χ1n) is 5.39. The molecule has 0 bridgehead atoms. The highest BCUT2D eigenvalue weighted by molar-refractivity contribution is 6.34. The van der Waals surface area contributed by atoms with Crippen molar-refractivity contribution in [1.82, 2.24) is 0 Å². The lowest BCUT2D eigenvalue weighted by molar-refractivity contribution is -0.137. The monoisotopic (exact) mass is 253 g/mol. The summed E-state index contributed by atoms with van der Waals surface area (Å²) in [5.41, 5.74) is 2.57. The number of carboxylic acids is 1. The van der Waals surface area contributed by atoms with Gasteiger partial charge in [-0.25, -0.2) is 0 Å². The van der Waals surface area contributed by atoms with E-state index in [-0.39, 0.29) is 12.3 Å². The third kappa shape index (κ3) is 2.77. The van der Waals surface area contributed by atoms with Gasteiger partial charge in [-0.1, -0.05) is 17.7 Å². The molecule has 1 aromatic carbocycles. The standard InChI is InChI=1S/C12H12ClNO3/c13-9-5-7(2-1-3-11(16)17)4-8-6-10(15)14-12(8)9/h4-5H,1-3,6H2,(H,14,15)(H,16,17). The second-order valence-electron chi connectivity index (χ2n) is 4.08. The summed E-state index contributed by atoms with van der Waals surface area (Å²) in [7, 11) is 0. The van der Waals surface area contributed by atoms with Crippen LogP contribution in [0.25, 0.3) is 0 Å². The van der Waals surface area contributed by atoms with Crippen molar-refractivity contribution in [1.29, 1.82) is 0 Å². The van der Waals surface area contributed by atoms with E-state index in [1.54, 1.807) is 6.07 Å². The predicted octanol–water partition coefficient (Wildman–Crippen LogP) is 2.24. The van der Waals surface area contributed by atoms with Gasteiger partial charge in [0.25, 0.3) is 0 Å². The molecular formula is C12H12ClNO3. The first-order chi connectivity index (χ1) is 8.06. The van der Waals surface area contributed by atoms with E-state index in [1.165, 1.54) is 0 Å². The molecule has 90 valence electrons. The first-order valence-corrected chi connectivity index (χ1v) is 5.77. The zero-order valence-corrected chi connectivity index (χ0v) is 9.88. The molecule has 0 atom stereocenters. The molecule has 1 heterocycles. The van der Waals surface area contributed by atoms with Crippen molar-refractivity contribution in [3.8, 4) is 0 Å². The number of rotatable bonds is 4. The zero-order valence-electron chi connectivity index (χ0n) is 9.12. The minimum absolute atomic E-state index is 0.0513. The van der Waals surface area contributed by atoms with Crippen LogP contribution in [0.15, 0.2) is 12.1 Å². The summed E-state index contributed by atoms with van der Waals surface area (Å²) in [6.45, 7) is 0. The van der Waals surface area contributed by atoms with Crippen molar-refractivity contribution < 1.29 is 14.7 Å². The molecule has 4 nitrogen and oxygen atoms in total. The lowest BCUT2D eigenvalue weighted by Gasteiger charge is -2.06. The van der Waals surface area contributed by atoms with Gasteiger partial charge in [0, 0.05) is 6.42 Å². The van der Waals surface area contributed by atoms with E-state index in [9.17, 15) is 9.59 Å². The quantitative estimate of drug-likeness (QED) is 0.865. The summed E-state index contributed by atoms with van der Waals surface area (Å²) >= 11 is 6.05. The Morgan fingerprint density at radius 3 is 2.94 bits per heavy atom. The maximum absolute atomic E-state index is 11.2. The van der Waals surface area contributed by atoms with Crippen molar-refractivity contribution in [3.05, 3.63) is 28.3 Å². The molecule has 5 heteroatoms. The highest BCUT2D eigenvalue weighted by Crippen LogP contribution is 2.32. The lowest BCUT2D eigenvalue weighted by Crippen LogP contribution is -2.03. The second-order valence-corrected chi connectivity index (χ2v) is 4.49. The summed E-state index contributed by atoms with van der Waals surface area (Å²) < 4.78 is 0. The van der Waals surface area contributed by atoms with Crippen LogP contribution >= 0.6 is 11.6 Å². The number of fused-ring (bicyclic) bond motifs is 1. The van der Waals surface area contributed by atoms with Crippen LogP contribution in [0.4, 0.5) is 5.69 Å². The molecule has 1 amide bonds. The Morgan fingerprint density at radius 2 is 2.24 bits per heavy atom. The molecule has 0 aliphatic carbocycles. The summed E-state index contributed by atoms with van der Waals surface area (Å²) in [6.07, 6.45) is 1.73. The number of benzene rings is 1. The summed E-state index contributed by atoms with van der Waals surface area (Å²) in [5, 5.41) is 11.8. The fourth-order valence-corrected chi connectivity index (χ4v) is 2.26. The van der Waals surface area contributed by atoms with Crippen molar-refractivity contribution in [3.63, 3.8) is 0 Å². The first kappa shape index (κ1) is 11.9. The Kier molecular flexibility index (Phi) is 3.33. The van der Waals surface area contributed by atoms with Crippen LogP contribution in [0.5, 0.6) is 0 Å². The van der Waals surface area contributed by atoms with E-state index < -0.39 is 5.97 Å². The molecule has 0 saturated heterocycles. The largest absolute Gasteiger partial charge is 0.481 e. The SMILES string of the molecule is O=C(O)CCCc1cc(Cl)c2c(c1)CC(=O)N2. The van der Waals surface area contributed by atoms with Crippen LogP contribution in [-0.2, 0) is 22.4 Å². The van der Waals surface area contributed by atoms with Crippen LogP contribution in [0.2, 0.25) is 5.02 Å². The second kappa shape index (κ2) is 4.75. The van der Waals surface area contributed by atoms with E-state index >= 15 is 0 Å². The molecule has 1 aliphatic rings. The van der Waals surface area contributed by atoms with Crippen LogP contribution in [-0.4, -0.2) is 17.0 Å². The smallest absolute Gasteiger partial charge is 0.303 e. The van der Waals surface area contributed by atoms with Gasteiger partial charge >= 0.3 is 5.97 Å². The van der Waals surface area contributed by atoms with Gasteiger partial charge in [0.05, 0.1) is 17.1 Å². The number of nitrogens with one attached hydrogen (secondary N) is 1. The minimum atomic E-state index is -0.797. The van der Waals surface area contributed by atoms with E-state index in [1.807, 2.05) is 6.07 Å². The van der Waals surface area contributed by atoms with Gasteiger partial charge in [-0.2, -0.15) is 0 Å². The summed E-state index contributed by atoms with van der Waals surface area (Å²) in [6, 6.07) is 3.70. The van der Waals surface area contributed by atoms with Gasteiger partial charge in [0.15, 0.2) is 0 Å². The van der Waals surface area contributed by atoms with Gasteiger partial charge < -0.3 is 10.4 Å². The average Bonchev–Trinajstić information content (AvgIpc) is 2.58. The molecule has 2 rings (SSSR count). The molecule has 0 saturated carbocycles. The van der Waals surface area contributed by atoms with Crippen LogP contribution in [0, 0.1) is 0 Å². The van der Waals surface area contributed by atoms with Gasteiger partial charge in [0.1, 0.15) is 0 Å². The molecule has 17 heavy (non-hydrogen) atoms. The maximum Gasteiger partial charge on any atom is 0.303 e. The van der Waals surface area contributed by atoms with Gasteiger partial charge in [-0.05, 0) is 30.0 Å². The van der Waals surface area contributed by atoms with E-state index in [2.05, 4.69) is 5.32 Å². The Balaban J connectivity index is 2.10. The number of halogens is 1. The van der Waals surface area contributed by atoms with Crippen LogP contribution in [0.3, 0.4) is 0 Å². The van der Waals surface area contributed by atoms with Gasteiger partial charge in [0.2, 0.25) is 5.91 Å². The lowest BCUT2D eigenvalue weighted by atomic mass is 10.0. The Bertz CT molecular complexity index is 485. The fourth-order valence-electron chi connectivity index (χ4n) is 1.95. The number of hydrogen-bond donors (Lipinski definition) is 2. The number of anilines is 1. The number of carboxylic acid groups (broad SMARTS) is 1. The van der Waals surface area contributed by atoms with Gasteiger partial charge in [-0.15, -0.1) is 0 Å². The Morgan fingerprint density at radius 1 is 1.47 bits per heavy atom. The van der Waals surface area contributed by atoms with Crippen molar-refractivity contribution in [2.75, 3.05) is 5.32 Å². The number of aliphatic carboxylic acids is 1. The third-order valence-electron chi connectivity index (χ3n) is 2.70. The number of carbonyl (C=O) groups is 2. The normalized spacial score (nSPS) is 13.4. The maximum atomic E-state index is 11.2. The van der Waals surface area contributed by atoms with E-state index in [4.69, 9.17) is 16.7 Å². The summed E-state index contributed by atoms with van der Waals surface area (Å²) in [5.74, 6) is -0.848. The Hall–Kier alpha value is -1.55. The number of aryl methyl sites for hydroxylation is 1. The van der Waals surface area contributed by atoms with Crippen molar-refractivity contribution in [2.24, 2.45) is 0 Å². The summed E-state index contributed by atoms with van der Waals surface area (Å²) in [4.78, 5) is 21.6. The number of amides is 1. The molecule has 0 aromatic heterocycles. The fraction of sp³-hybridized carbons (Fsp3) is 0.333. The topological polar surface area (TPSA) is 66.4 Å². The molecule has 2 N–H and O–H groups in total. The molecule has 0 radical (unpaired) electrons. The van der Waals surface area contributed by atoms with Crippen molar-refractivity contribution >= 4 is 29.2 Å². The zero-order chi connectivity index (χ0) is 12.4. The van der Waals surface area contributed by atoms with Crippen LogP contribution in [0.1, 0.15) is 24.0 Å². The number of hydrogen-bond acceptors (Lipinski definition) is 2. The molecule has 0 unspecified atom stereocenters. The number of carbonyl (C=O) groups excluding carboxylic acids is 1. The molecule has 1 aliphatic heterocycles. The average molecular weight is 254 g/mol. The predicted molar refractivity (Wildman–Crippen MR) is 64.4 cm³/mol. The molecule has 0 fully saturated rings. The van der Waals surface area contributed by atoms with Crippen molar-refractivity contribution in [2.45, 2.75) is 25.7 Å². The Labute approximate surface area is 104 Å².